The third-order valence-electron chi connectivity index (χ3n) is 4.55. The molecule has 3 rings (SSSR count). The Morgan fingerprint density at radius 3 is 3.00 bits per heavy atom. The van der Waals surface area contributed by atoms with Crippen LogP contribution >= 0.6 is 0 Å². The molecule has 1 aliphatic rings. The molecule has 1 fully saturated rings. The van der Waals surface area contributed by atoms with Crippen molar-refractivity contribution in [3.8, 4) is 0 Å². The fourth-order valence-electron chi connectivity index (χ4n) is 3.14. The molecule has 0 radical (unpaired) electrons. The Labute approximate surface area is 153 Å². The van der Waals surface area contributed by atoms with Gasteiger partial charge in [-0.2, -0.15) is 0 Å². The number of ether oxygens (including phenoxy) is 2. The zero-order valence-corrected chi connectivity index (χ0v) is 15.4. The minimum absolute atomic E-state index is 0.0398. The first kappa shape index (κ1) is 18.5. The fourth-order valence-corrected chi connectivity index (χ4v) is 3.14. The number of aromatic nitrogens is 3. The summed E-state index contributed by atoms with van der Waals surface area (Å²) in [5, 5.41) is 3.35. The third kappa shape index (κ3) is 4.68. The van der Waals surface area contributed by atoms with E-state index in [1.54, 1.807) is 23.8 Å². The molecule has 1 atom stereocenters. The van der Waals surface area contributed by atoms with Crippen LogP contribution in [0.1, 0.15) is 36.0 Å². The van der Waals surface area contributed by atoms with E-state index in [9.17, 15) is 4.79 Å². The third-order valence-corrected chi connectivity index (χ3v) is 4.55. The smallest absolute Gasteiger partial charge is 0.250 e. The van der Waals surface area contributed by atoms with Crippen LogP contribution in [0.4, 0.5) is 5.82 Å². The zero-order valence-electron chi connectivity index (χ0n) is 15.4. The summed E-state index contributed by atoms with van der Waals surface area (Å²) >= 11 is 0. The van der Waals surface area contributed by atoms with Gasteiger partial charge >= 0.3 is 0 Å². The van der Waals surface area contributed by atoms with E-state index in [1.165, 1.54) is 0 Å². The van der Waals surface area contributed by atoms with Gasteiger partial charge in [-0.05, 0) is 25.8 Å². The number of rotatable bonds is 8. The lowest BCUT2D eigenvalue weighted by molar-refractivity contribution is 0.177. The van der Waals surface area contributed by atoms with Gasteiger partial charge in [0, 0.05) is 50.6 Å². The van der Waals surface area contributed by atoms with Crippen LogP contribution in [-0.4, -0.2) is 41.4 Å². The lowest BCUT2D eigenvalue weighted by atomic mass is 10.0. The van der Waals surface area contributed by atoms with E-state index in [0.29, 0.717) is 31.5 Å². The van der Waals surface area contributed by atoms with Gasteiger partial charge in [-0.15, -0.1) is 0 Å². The molecule has 2 aromatic heterocycles. The average molecular weight is 358 g/mol. The standard InChI is InChI=1S/C19H26N4O3/c1-14-5-3-6-19(24)23(14)9-4-8-20-17-11-16(15-7-10-26-12-15)21-18(22-17)13-25-2/h3,5-6,11,15H,4,7-10,12-13H2,1-2H3,(H,20,21,22)/t15-/m0/s1. The SMILES string of the molecule is COCc1nc(NCCCn2c(C)cccc2=O)cc([C@H]2CCOC2)n1. The van der Waals surface area contributed by atoms with Crippen molar-refractivity contribution in [2.75, 3.05) is 32.2 Å². The van der Waals surface area contributed by atoms with Gasteiger partial charge in [0.05, 0.1) is 12.3 Å². The van der Waals surface area contributed by atoms with Gasteiger partial charge in [-0.3, -0.25) is 4.79 Å². The maximum Gasteiger partial charge on any atom is 0.250 e. The van der Waals surface area contributed by atoms with Crippen molar-refractivity contribution in [1.82, 2.24) is 14.5 Å². The molecule has 0 aromatic carbocycles. The quantitative estimate of drug-likeness (QED) is 0.728. The first-order valence-corrected chi connectivity index (χ1v) is 9.02. The number of nitrogens with zero attached hydrogens (tertiary/aromatic N) is 3. The van der Waals surface area contributed by atoms with Crippen molar-refractivity contribution in [2.45, 2.75) is 38.8 Å². The molecule has 0 bridgehead atoms. The summed E-state index contributed by atoms with van der Waals surface area (Å²) in [6.45, 7) is 5.23. The van der Waals surface area contributed by atoms with Crippen LogP contribution in [0.5, 0.6) is 0 Å². The number of pyridine rings is 1. The Morgan fingerprint density at radius 1 is 1.38 bits per heavy atom. The Bertz CT molecular complexity index is 785. The first-order chi connectivity index (χ1) is 12.7. The van der Waals surface area contributed by atoms with Gasteiger partial charge in [0.25, 0.3) is 5.56 Å². The van der Waals surface area contributed by atoms with Crippen molar-refractivity contribution in [3.05, 3.63) is 51.8 Å². The largest absolute Gasteiger partial charge is 0.381 e. The zero-order chi connectivity index (χ0) is 18.4. The summed E-state index contributed by atoms with van der Waals surface area (Å²) in [5.41, 5.74) is 2.02. The minimum atomic E-state index is 0.0398. The second-order valence-corrected chi connectivity index (χ2v) is 6.53. The van der Waals surface area contributed by atoms with Crippen LogP contribution in [0.25, 0.3) is 0 Å². The molecular formula is C19H26N4O3. The van der Waals surface area contributed by atoms with Gasteiger partial charge in [-0.1, -0.05) is 6.07 Å². The Morgan fingerprint density at radius 2 is 2.27 bits per heavy atom. The van der Waals surface area contributed by atoms with Crippen LogP contribution in [0.2, 0.25) is 0 Å². The van der Waals surface area contributed by atoms with E-state index in [2.05, 4.69) is 15.3 Å². The van der Waals surface area contributed by atoms with Crippen molar-refractivity contribution in [2.24, 2.45) is 0 Å². The molecule has 0 aliphatic carbocycles. The number of methoxy groups -OCH3 is 1. The van der Waals surface area contributed by atoms with Crippen LogP contribution in [0.3, 0.4) is 0 Å². The van der Waals surface area contributed by atoms with Gasteiger partial charge in [0.15, 0.2) is 5.82 Å². The summed E-state index contributed by atoms with van der Waals surface area (Å²) in [6.07, 6.45) is 1.81. The highest BCUT2D eigenvalue weighted by molar-refractivity contribution is 5.37. The molecule has 7 nitrogen and oxygen atoms in total. The van der Waals surface area contributed by atoms with Crippen LogP contribution in [-0.2, 0) is 22.6 Å². The molecule has 7 heteroatoms. The number of hydrogen-bond donors (Lipinski definition) is 1. The first-order valence-electron chi connectivity index (χ1n) is 9.02. The molecule has 1 saturated heterocycles. The second kappa shape index (κ2) is 8.91. The van der Waals surface area contributed by atoms with E-state index >= 15 is 0 Å². The summed E-state index contributed by atoms with van der Waals surface area (Å²) in [4.78, 5) is 21.0. The highest BCUT2D eigenvalue weighted by atomic mass is 16.5. The Kier molecular flexibility index (Phi) is 6.35. The van der Waals surface area contributed by atoms with Crippen LogP contribution in [0.15, 0.2) is 29.1 Å². The summed E-state index contributed by atoms with van der Waals surface area (Å²) < 4.78 is 12.5. The molecule has 0 unspecified atom stereocenters. The van der Waals surface area contributed by atoms with E-state index < -0.39 is 0 Å². The topological polar surface area (TPSA) is 78.3 Å². The Hall–Kier alpha value is -2.25. The van der Waals surface area contributed by atoms with Crippen molar-refractivity contribution in [3.63, 3.8) is 0 Å². The van der Waals surface area contributed by atoms with E-state index in [4.69, 9.17) is 9.47 Å². The highest BCUT2D eigenvalue weighted by Gasteiger charge is 2.20. The number of anilines is 1. The molecule has 0 saturated carbocycles. The molecule has 140 valence electrons. The normalized spacial score (nSPS) is 16.8. The molecule has 0 amide bonds. The fraction of sp³-hybridized carbons (Fsp3) is 0.526. The molecule has 0 spiro atoms. The second-order valence-electron chi connectivity index (χ2n) is 6.53. The number of nitrogens with one attached hydrogen (secondary N) is 1. The summed E-state index contributed by atoms with van der Waals surface area (Å²) in [7, 11) is 1.64. The summed E-state index contributed by atoms with van der Waals surface area (Å²) in [5.74, 6) is 1.79. The van der Waals surface area contributed by atoms with Crippen LogP contribution < -0.4 is 10.9 Å². The Balaban J connectivity index is 1.62. The molecule has 3 heterocycles. The van der Waals surface area contributed by atoms with E-state index in [0.717, 1.165) is 43.2 Å². The van der Waals surface area contributed by atoms with E-state index in [-0.39, 0.29) is 5.56 Å². The van der Waals surface area contributed by atoms with Gasteiger partial charge in [0.2, 0.25) is 0 Å². The average Bonchev–Trinajstić information content (AvgIpc) is 3.15. The van der Waals surface area contributed by atoms with Crippen molar-refractivity contribution < 1.29 is 9.47 Å². The van der Waals surface area contributed by atoms with Gasteiger partial charge in [0.1, 0.15) is 12.4 Å². The molecule has 2 aromatic rings. The molecule has 1 aliphatic heterocycles. The lowest BCUT2D eigenvalue weighted by Gasteiger charge is -2.13. The molecule has 1 N–H and O–H groups in total. The number of hydrogen-bond acceptors (Lipinski definition) is 6. The van der Waals surface area contributed by atoms with E-state index in [1.807, 2.05) is 19.1 Å². The predicted molar refractivity (Wildman–Crippen MR) is 99.5 cm³/mol. The molecular weight excluding hydrogens is 332 g/mol. The summed E-state index contributed by atoms with van der Waals surface area (Å²) in [6, 6.07) is 7.33. The van der Waals surface area contributed by atoms with Crippen LogP contribution in [0, 0.1) is 6.92 Å². The maximum atomic E-state index is 11.9. The van der Waals surface area contributed by atoms with Gasteiger partial charge < -0.3 is 19.4 Å². The highest BCUT2D eigenvalue weighted by Crippen LogP contribution is 2.25. The van der Waals surface area contributed by atoms with Gasteiger partial charge in [-0.25, -0.2) is 9.97 Å². The maximum absolute atomic E-state index is 11.9. The molecule has 26 heavy (non-hydrogen) atoms. The van der Waals surface area contributed by atoms with Crippen molar-refractivity contribution in [1.29, 1.82) is 0 Å². The monoisotopic (exact) mass is 358 g/mol. The number of aryl methyl sites for hydroxylation is 1. The van der Waals surface area contributed by atoms with Crippen molar-refractivity contribution >= 4 is 5.82 Å². The minimum Gasteiger partial charge on any atom is -0.381 e. The lowest BCUT2D eigenvalue weighted by Crippen LogP contribution is -2.22. The predicted octanol–water partition coefficient (Wildman–Crippen LogP) is 2.10.